The lowest BCUT2D eigenvalue weighted by Gasteiger charge is -2.12. The number of benzene rings is 1. The molecule has 1 atom stereocenters. The fourth-order valence-electron chi connectivity index (χ4n) is 1.46. The molecule has 0 aliphatic heterocycles. The number of ether oxygens (including phenoxy) is 1. The van der Waals surface area contributed by atoms with Gasteiger partial charge in [0.2, 0.25) is 0 Å². The third-order valence-electron chi connectivity index (χ3n) is 2.16. The fourth-order valence-corrected chi connectivity index (χ4v) is 1.73. The van der Waals surface area contributed by atoms with Crippen LogP contribution in [0.1, 0.15) is 25.8 Å². The van der Waals surface area contributed by atoms with Gasteiger partial charge in [0, 0.05) is 10.9 Å². The summed E-state index contributed by atoms with van der Waals surface area (Å²) in [6.45, 7) is 3.20. The van der Waals surface area contributed by atoms with E-state index in [0.717, 1.165) is 10.0 Å². The Morgan fingerprint density at radius 3 is 2.41 bits per heavy atom. The Morgan fingerprint density at radius 2 is 1.88 bits per heavy atom. The van der Waals surface area contributed by atoms with Crippen molar-refractivity contribution in [2.75, 3.05) is 0 Å². The van der Waals surface area contributed by atoms with Crippen molar-refractivity contribution in [3.05, 3.63) is 34.3 Å². The molecule has 17 heavy (non-hydrogen) atoms. The minimum atomic E-state index is -0.456. The van der Waals surface area contributed by atoms with Crippen LogP contribution in [0.2, 0.25) is 0 Å². The molecule has 1 aromatic carbocycles. The number of rotatable bonds is 5. The average Bonchev–Trinajstić information content (AvgIpc) is 2.19. The Hall–Kier alpha value is -1.16. The van der Waals surface area contributed by atoms with Crippen molar-refractivity contribution < 1.29 is 14.3 Å². The SMILES string of the molecule is CC(=O)CC(=O)OC(C)Cc1ccc(Br)cc1. The minimum absolute atomic E-state index is 0.148. The molecule has 0 bridgehead atoms. The summed E-state index contributed by atoms with van der Waals surface area (Å²) in [5.41, 5.74) is 1.09. The van der Waals surface area contributed by atoms with Gasteiger partial charge in [0.05, 0.1) is 0 Å². The standard InChI is InChI=1S/C13H15BrO3/c1-9(15)7-13(16)17-10(2)8-11-3-5-12(14)6-4-11/h3-6,10H,7-8H2,1-2H3. The number of hydrogen-bond donors (Lipinski definition) is 0. The van der Waals surface area contributed by atoms with Gasteiger partial charge in [-0.2, -0.15) is 0 Å². The molecule has 0 aromatic heterocycles. The normalized spacial score (nSPS) is 11.9. The summed E-state index contributed by atoms with van der Waals surface area (Å²) in [5, 5.41) is 0. The topological polar surface area (TPSA) is 43.4 Å². The first-order valence-corrected chi connectivity index (χ1v) is 6.20. The molecule has 1 aromatic rings. The van der Waals surface area contributed by atoms with Crippen molar-refractivity contribution in [3.8, 4) is 0 Å². The highest BCUT2D eigenvalue weighted by molar-refractivity contribution is 9.10. The molecule has 1 unspecified atom stereocenters. The van der Waals surface area contributed by atoms with E-state index in [1.165, 1.54) is 6.92 Å². The zero-order valence-electron chi connectivity index (χ0n) is 9.90. The van der Waals surface area contributed by atoms with E-state index in [9.17, 15) is 9.59 Å². The summed E-state index contributed by atoms with van der Waals surface area (Å²) in [7, 11) is 0. The number of Topliss-reactive ketones (excluding diaryl/α,β-unsaturated/α-hetero) is 1. The summed E-state index contributed by atoms with van der Waals surface area (Å²) >= 11 is 3.36. The molecule has 0 amide bonds. The summed E-state index contributed by atoms with van der Waals surface area (Å²) < 4.78 is 6.14. The Bertz CT molecular complexity index is 398. The van der Waals surface area contributed by atoms with Gasteiger partial charge >= 0.3 is 5.97 Å². The predicted octanol–water partition coefficient (Wildman–Crippen LogP) is 2.90. The largest absolute Gasteiger partial charge is 0.462 e. The molecule has 0 aliphatic rings. The first kappa shape index (κ1) is 13.9. The molecule has 3 nitrogen and oxygen atoms in total. The number of hydrogen-bond acceptors (Lipinski definition) is 3. The van der Waals surface area contributed by atoms with Crippen molar-refractivity contribution in [2.45, 2.75) is 32.8 Å². The fraction of sp³-hybridized carbons (Fsp3) is 0.385. The monoisotopic (exact) mass is 298 g/mol. The smallest absolute Gasteiger partial charge is 0.313 e. The molecular weight excluding hydrogens is 284 g/mol. The van der Waals surface area contributed by atoms with Gasteiger partial charge in [0.25, 0.3) is 0 Å². The zero-order chi connectivity index (χ0) is 12.8. The highest BCUT2D eigenvalue weighted by atomic mass is 79.9. The van der Waals surface area contributed by atoms with Crippen LogP contribution in [0.4, 0.5) is 0 Å². The highest BCUT2D eigenvalue weighted by Gasteiger charge is 2.11. The lowest BCUT2D eigenvalue weighted by molar-refractivity contribution is -0.149. The lowest BCUT2D eigenvalue weighted by Crippen LogP contribution is -2.18. The summed E-state index contributed by atoms with van der Waals surface area (Å²) in [6.07, 6.45) is 0.282. The van der Waals surface area contributed by atoms with E-state index in [4.69, 9.17) is 4.74 Å². The maximum atomic E-state index is 11.3. The molecule has 0 fully saturated rings. The third-order valence-corrected chi connectivity index (χ3v) is 2.69. The molecule has 0 spiro atoms. The van der Waals surface area contributed by atoms with Crippen LogP contribution in [-0.4, -0.2) is 17.9 Å². The molecule has 0 saturated heterocycles. The molecule has 4 heteroatoms. The van der Waals surface area contributed by atoms with Gasteiger partial charge in [0.15, 0.2) is 0 Å². The number of carbonyl (C=O) groups is 2. The molecule has 0 radical (unpaired) electrons. The summed E-state index contributed by atoms with van der Waals surface area (Å²) in [6, 6.07) is 7.83. The van der Waals surface area contributed by atoms with Gasteiger partial charge in [-0.15, -0.1) is 0 Å². The zero-order valence-corrected chi connectivity index (χ0v) is 11.5. The molecular formula is C13H15BrO3. The number of ketones is 1. The van der Waals surface area contributed by atoms with Gasteiger partial charge in [-0.25, -0.2) is 0 Å². The van der Waals surface area contributed by atoms with E-state index in [-0.39, 0.29) is 18.3 Å². The first-order valence-electron chi connectivity index (χ1n) is 5.40. The minimum Gasteiger partial charge on any atom is -0.462 e. The Kier molecular flexibility index (Phi) is 5.35. The van der Waals surface area contributed by atoms with Crippen LogP contribution in [0.15, 0.2) is 28.7 Å². The highest BCUT2D eigenvalue weighted by Crippen LogP contribution is 2.13. The Morgan fingerprint density at radius 1 is 1.29 bits per heavy atom. The second-order valence-corrected chi connectivity index (χ2v) is 4.93. The number of carbonyl (C=O) groups excluding carboxylic acids is 2. The van der Waals surface area contributed by atoms with E-state index >= 15 is 0 Å². The molecule has 0 saturated carbocycles. The van der Waals surface area contributed by atoms with Crippen LogP contribution >= 0.6 is 15.9 Å². The number of halogens is 1. The maximum absolute atomic E-state index is 11.3. The quantitative estimate of drug-likeness (QED) is 0.620. The van der Waals surface area contributed by atoms with Gasteiger partial charge in [-0.1, -0.05) is 28.1 Å². The van der Waals surface area contributed by atoms with Gasteiger partial charge < -0.3 is 4.74 Å². The number of esters is 1. The average molecular weight is 299 g/mol. The second-order valence-electron chi connectivity index (χ2n) is 4.01. The van der Waals surface area contributed by atoms with Gasteiger partial charge in [-0.3, -0.25) is 9.59 Å². The van der Waals surface area contributed by atoms with Crippen molar-refractivity contribution >= 4 is 27.7 Å². The molecule has 0 heterocycles. The van der Waals surface area contributed by atoms with Crippen LogP contribution in [0, 0.1) is 0 Å². The first-order chi connectivity index (χ1) is 7.97. The van der Waals surface area contributed by atoms with E-state index < -0.39 is 5.97 Å². The van der Waals surface area contributed by atoms with E-state index in [1.807, 2.05) is 31.2 Å². The van der Waals surface area contributed by atoms with Crippen LogP contribution in [0.5, 0.6) is 0 Å². The van der Waals surface area contributed by atoms with Crippen LogP contribution in [0.25, 0.3) is 0 Å². The maximum Gasteiger partial charge on any atom is 0.313 e. The van der Waals surface area contributed by atoms with E-state index in [2.05, 4.69) is 15.9 Å². The molecule has 1 rings (SSSR count). The van der Waals surface area contributed by atoms with Gasteiger partial charge in [0.1, 0.15) is 18.3 Å². The predicted molar refractivity (Wildman–Crippen MR) is 68.7 cm³/mol. The van der Waals surface area contributed by atoms with Crippen LogP contribution < -0.4 is 0 Å². The van der Waals surface area contributed by atoms with Crippen molar-refractivity contribution in [1.82, 2.24) is 0 Å². The van der Waals surface area contributed by atoms with Crippen LogP contribution in [0.3, 0.4) is 0 Å². The Labute approximate surface area is 109 Å². The Balaban J connectivity index is 2.44. The van der Waals surface area contributed by atoms with Crippen molar-refractivity contribution in [3.63, 3.8) is 0 Å². The van der Waals surface area contributed by atoms with Crippen molar-refractivity contribution in [2.24, 2.45) is 0 Å². The van der Waals surface area contributed by atoms with E-state index in [1.54, 1.807) is 0 Å². The van der Waals surface area contributed by atoms with Crippen molar-refractivity contribution in [1.29, 1.82) is 0 Å². The molecule has 0 N–H and O–H groups in total. The second kappa shape index (κ2) is 6.55. The van der Waals surface area contributed by atoms with Gasteiger partial charge in [-0.05, 0) is 31.5 Å². The van der Waals surface area contributed by atoms with E-state index in [0.29, 0.717) is 6.42 Å². The molecule has 0 aliphatic carbocycles. The molecule has 92 valence electrons. The summed E-state index contributed by atoms with van der Waals surface area (Å²) in [4.78, 5) is 22.0. The van der Waals surface area contributed by atoms with Crippen LogP contribution in [-0.2, 0) is 20.7 Å². The summed E-state index contributed by atoms with van der Waals surface area (Å²) in [5.74, 6) is -0.632. The lowest BCUT2D eigenvalue weighted by atomic mass is 10.1. The third kappa shape index (κ3) is 5.63.